The number of likely N-dealkylation sites (tertiary alicyclic amines) is 2. The van der Waals surface area contributed by atoms with E-state index in [1.807, 2.05) is 17.9 Å². The zero-order valence-electron chi connectivity index (χ0n) is 19.4. The quantitative estimate of drug-likeness (QED) is 0.714. The van der Waals surface area contributed by atoms with Gasteiger partial charge in [-0.2, -0.15) is 0 Å². The Hall–Kier alpha value is -2.67. The number of hydrogen-bond donors (Lipinski definition) is 0. The molecule has 32 heavy (non-hydrogen) atoms. The lowest BCUT2D eigenvalue weighted by Gasteiger charge is -2.41. The van der Waals surface area contributed by atoms with Gasteiger partial charge >= 0.3 is 0 Å². The normalized spacial score (nSPS) is 20.3. The number of carbonyl (C=O) groups is 2. The number of amides is 2. The molecule has 172 valence electrons. The molecule has 1 aromatic carbocycles. The molecular weight excluding hydrogens is 404 g/mol. The number of nitrogens with zero attached hydrogens (tertiary/aromatic N) is 4. The van der Waals surface area contributed by atoms with Gasteiger partial charge in [-0.1, -0.05) is 12.1 Å². The summed E-state index contributed by atoms with van der Waals surface area (Å²) in [5.41, 5.74) is 1.98. The summed E-state index contributed by atoms with van der Waals surface area (Å²) < 4.78 is 5.19. The van der Waals surface area contributed by atoms with E-state index in [1.165, 1.54) is 25.9 Å². The largest absolute Gasteiger partial charge is 0.359 e. The second-order valence-corrected chi connectivity index (χ2v) is 9.44. The molecule has 4 rings (SSSR count). The fourth-order valence-corrected chi connectivity index (χ4v) is 4.95. The van der Waals surface area contributed by atoms with Gasteiger partial charge in [0.05, 0.1) is 12.2 Å². The molecule has 7 heteroatoms. The SMILES string of the molecule is Cc1cc(CN(C)C(=O)c2ccc(C(=O)N3CCC(N4CCCC(C)C4)CC3)cc2)on1. The van der Waals surface area contributed by atoms with E-state index < -0.39 is 0 Å². The fraction of sp³-hybridized carbons (Fsp3) is 0.560. The first kappa shape index (κ1) is 22.5. The van der Waals surface area contributed by atoms with Crippen molar-refractivity contribution in [1.82, 2.24) is 19.9 Å². The van der Waals surface area contributed by atoms with E-state index in [9.17, 15) is 9.59 Å². The highest BCUT2D eigenvalue weighted by Crippen LogP contribution is 2.24. The second kappa shape index (κ2) is 9.86. The van der Waals surface area contributed by atoms with Crippen LogP contribution in [-0.4, -0.2) is 70.9 Å². The van der Waals surface area contributed by atoms with Gasteiger partial charge in [0, 0.05) is 49.9 Å². The lowest BCUT2D eigenvalue weighted by Crippen LogP contribution is -2.49. The molecule has 2 saturated heterocycles. The molecule has 0 bridgehead atoms. The summed E-state index contributed by atoms with van der Waals surface area (Å²) in [5, 5.41) is 3.85. The van der Waals surface area contributed by atoms with Crippen LogP contribution in [0.4, 0.5) is 0 Å². The van der Waals surface area contributed by atoms with E-state index in [4.69, 9.17) is 4.52 Å². The molecule has 0 saturated carbocycles. The van der Waals surface area contributed by atoms with Crippen molar-refractivity contribution >= 4 is 11.8 Å². The number of carbonyl (C=O) groups excluding carboxylic acids is 2. The van der Waals surface area contributed by atoms with Gasteiger partial charge in [-0.3, -0.25) is 14.5 Å². The fourth-order valence-electron chi connectivity index (χ4n) is 4.95. The van der Waals surface area contributed by atoms with Gasteiger partial charge in [-0.25, -0.2) is 0 Å². The van der Waals surface area contributed by atoms with Crippen LogP contribution in [-0.2, 0) is 6.54 Å². The summed E-state index contributed by atoms with van der Waals surface area (Å²) >= 11 is 0. The van der Waals surface area contributed by atoms with Crippen LogP contribution in [0.25, 0.3) is 0 Å². The van der Waals surface area contributed by atoms with Gasteiger partial charge in [-0.15, -0.1) is 0 Å². The lowest BCUT2D eigenvalue weighted by atomic mass is 9.95. The highest BCUT2D eigenvalue weighted by atomic mass is 16.5. The summed E-state index contributed by atoms with van der Waals surface area (Å²) in [4.78, 5) is 31.9. The molecule has 1 aromatic heterocycles. The third-order valence-electron chi connectivity index (χ3n) is 6.75. The van der Waals surface area contributed by atoms with E-state index in [0.29, 0.717) is 29.5 Å². The molecule has 0 aliphatic carbocycles. The number of piperidine rings is 2. The molecule has 2 aliphatic heterocycles. The monoisotopic (exact) mass is 438 g/mol. The maximum atomic E-state index is 13.0. The van der Waals surface area contributed by atoms with Gasteiger partial charge in [0.25, 0.3) is 11.8 Å². The predicted octanol–water partition coefficient (Wildman–Crippen LogP) is 3.59. The second-order valence-electron chi connectivity index (χ2n) is 9.44. The molecule has 1 unspecified atom stereocenters. The molecule has 0 radical (unpaired) electrons. The number of aryl methyl sites for hydroxylation is 1. The van der Waals surface area contributed by atoms with Crippen LogP contribution in [0.1, 0.15) is 64.8 Å². The minimum atomic E-state index is -0.116. The molecule has 2 amide bonds. The van der Waals surface area contributed by atoms with Crippen LogP contribution >= 0.6 is 0 Å². The highest BCUT2D eigenvalue weighted by molar-refractivity contribution is 5.97. The third-order valence-corrected chi connectivity index (χ3v) is 6.75. The standard InChI is InChI=1S/C25H34N4O3/c1-18-5-4-12-29(16-18)22-10-13-28(14-11-22)25(31)21-8-6-20(7-9-21)24(30)27(3)17-23-15-19(2)26-32-23/h6-9,15,18,22H,4-5,10-14,16-17H2,1-3H3. The van der Waals surface area contributed by atoms with Crippen molar-refractivity contribution in [1.29, 1.82) is 0 Å². The Morgan fingerprint density at radius 3 is 2.41 bits per heavy atom. The Balaban J connectivity index is 1.30. The zero-order chi connectivity index (χ0) is 22.7. The van der Waals surface area contributed by atoms with Crippen LogP contribution in [0.2, 0.25) is 0 Å². The number of benzene rings is 1. The summed E-state index contributed by atoms with van der Waals surface area (Å²) in [6.45, 7) is 8.53. The molecule has 7 nitrogen and oxygen atoms in total. The molecule has 3 heterocycles. The van der Waals surface area contributed by atoms with Crippen molar-refractivity contribution in [2.75, 3.05) is 33.2 Å². The Bertz CT molecular complexity index is 931. The number of hydrogen-bond acceptors (Lipinski definition) is 5. The first-order chi connectivity index (χ1) is 15.4. The van der Waals surface area contributed by atoms with Crippen LogP contribution in [0.15, 0.2) is 34.9 Å². The van der Waals surface area contributed by atoms with Crippen molar-refractivity contribution in [3.8, 4) is 0 Å². The Kier molecular flexibility index (Phi) is 6.94. The van der Waals surface area contributed by atoms with Gasteiger partial charge in [0.1, 0.15) is 0 Å². The molecule has 2 aromatic rings. The number of rotatable bonds is 5. The van der Waals surface area contributed by atoms with Crippen LogP contribution < -0.4 is 0 Å². The van der Waals surface area contributed by atoms with E-state index in [1.54, 1.807) is 36.2 Å². The molecule has 2 fully saturated rings. The average molecular weight is 439 g/mol. The van der Waals surface area contributed by atoms with Crippen LogP contribution in [0.3, 0.4) is 0 Å². The van der Waals surface area contributed by atoms with Crippen molar-refractivity contribution < 1.29 is 14.1 Å². The van der Waals surface area contributed by atoms with Crippen molar-refractivity contribution in [3.05, 3.63) is 52.9 Å². The first-order valence-corrected chi connectivity index (χ1v) is 11.7. The molecular formula is C25H34N4O3. The lowest BCUT2D eigenvalue weighted by molar-refractivity contribution is 0.0541. The first-order valence-electron chi connectivity index (χ1n) is 11.7. The summed E-state index contributed by atoms with van der Waals surface area (Å²) in [6.07, 6.45) is 4.71. The van der Waals surface area contributed by atoms with Crippen LogP contribution in [0.5, 0.6) is 0 Å². The molecule has 0 spiro atoms. The van der Waals surface area contributed by atoms with Gasteiger partial charge in [-0.05, 0) is 69.3 Å². The summed E-state index contributed by atoms with van der Waals surface area (Å²) in [6, 6.07) is 9.42. The minimum Gasteiger partial charge on any atom is -0.359 e. The van der Waals surface area contributed by atoms with Crippen LogP contribution in [0, 0.1) is 12.8 Å². The molecule has 1 atom stereocenters. The van der Waals surface area contributed by atoms with E-state index in [2.05, 4.69) is 17.0 Å². The minimum absolute atomic E-state index is 0.0555. The van der Waals surface area contributed by atoms with Gasteiger partial charge < -0.3 is 14.3 Å². The van der Waals surface area contributed by atoms with E-state index in [0.717, 1.165) is 37.5 Å². The smallest absolute Gasteiger partial charge is 0.254 e. The third kappa shape index (κ3) is 5.21. The zero-order valence-corrected chi connectivity index (χ0v) is 19.4. The topological polar surface area (TPSA) is 69.9 Å². The highest BCUT2D eigenvalue weighted by Gasteiger charge is 2.29. The van der Waals surface area contributed by atoms with Gasteiger partial charge in [0.2, 0.25) is 0 Å². The molecule has 0 N–H and O–H groups in total. The van der Waals surface area contributed by atoms with Crippen molar-refractivity contribution in [2.45, 2.75) is 52.1 Å². The maximum Gasteiger partial charge on any atom is 0.254 e. The predicted molar refractivity (Wildman–Crippen MR) is 122 cm³/mol. The Morgan fingerprint density at radius 2 is 1.78 bits per heavy atom. The van der Waals surface area contributed by atoms with Crippen molar-refractivity contribution in [2.24, 2.45) is 5.92 Å². The maximum absolute atomic E-state index is 13.0. The molecule has 2 aliphatic rings. The van der Waals surface area contributed by atoms with Gasteiger partial charge in [0.15, 0.2) is 5.76 Å². The Morgan fingerprint density at radius 1 is 1.09 bits per heavy atom. The summed E-state index contributed by atoms with van der Waals surface area (Å²) in [5.74, 6) is 1.37. The van der Waals surface area contributed by atoms with E-state index >= 15 is 0 Å². The Labute approximate surface area is 190 Å². The van der Waals surface area contributed by atoms with Crippen molar-refractivity contribution in [3.63, 3.8) is 0 Å². The number of aromatic nitrogens is 1. The average Bonchev–Trinajstić information content (AvgIpc) is 3.22. The summed E-state index contributed by atoms with van der Waals surface area (Å²) in [7, 11) is 1.73. The van der Waals surface area contributed by atoms with E-state index in [-0.39, 0.29) is 11.8 Å².